The molecule has 0 unspecified atom stereocenters. The smallest absolute Gasteiger partial charge is 0.317 e. The maximum atomic E-state index is 13.2. The molecule has 0 spiro atoms. The van der Waals surface area contributed by atoms with Crippen molar-refractivity contribution in [1.82, 2.24) is 60.6 Å². The Morgan fingerprint density at radius 1 is 0.576 bits per heavy atom. The van der Waals surface area contributed by atoms with Gasteiger partial charge in [0, 0.05) is 95.3 Å². The van der Waals surface area contributed by atoms with Crippen LogP contribution < -0.4 is 16.0 Å². The number of carbonyl (C=O) groups excluding carboxylic acids is 3. The number of rotatable bonds is 23. The first-order valence-electron chi connectivity index (χ1n) is 21.8. The molecule has 0 atom stereocenters. The summed E-state index contributed by atoms with van der Waals surface area (Å²) in [5, 5.41) is 53.3. The first-order chi connectivity index (χ1) is 31.3. The zero-order valence-electron chi connectivity index (χ0n) is 38.1. The van der Waals surface area contributed by atoms with Crippen LogP contribution in [0.15, 0.2) is 42.7 Å². The Kier molecular flexibility index (Phi) is 20.8. The number of nitrogens with zero attached hydrogens (tertiary/aromatic N) is 10. The van der Waals surface area contributed by atoms with E-state index in [0.29, 0.717) is 76.0 Å². The highest BCUT2D eigenvalue weighted by molar-refractivity contribution is 5.91. The van der Waals surface area contributed by atoms with E-state index >= 15 is 0 Å². The Bertz CT molecular complexity index is 2010. The molecule has 0 radical (unpaired) electrons. The van der Waals surface area contributed by atoms with Crippen LogP contribution in [-0.2, 0) is 33.5 Å². The Labute approximate surface area is 383 Å². The number of hydrogen-bond donors (Lipinski definition) is 6. The van der Waals surface area contributed by atoms with Gasteiger partial charge in [0.2, 0.25) is 29.4 Å². The summed E-state index contributed by atoms with van der Waals surface area (Å²) in [6.07, 6.45) is 3.73. The monoisotopic (exact) mass is 921 g/mol. The minimum absolute atomic E-state index is 0.00406. The molecular weight excluding hydrogens is 859 g/mol. The fourth-order valence-electron chi connectivity index (χ4n) is 6.68. The molecule has 1 saturated heterocycles. The van der Waals surface area contributed by atoms with Gasteiger partial charge in [0.1, 0.15) is 11.4 Å². The van der Waals surface area contributed by atoms with E-state index in [1.54, 1.807) is 45.2 Å². The molecule has 1 aliphatic rings. The molecule has 0 aliphatic carbocycles. The summed E-state index contributed by atoms with van der Waals surface area (Å²) < 4.78 is 6.07. The molecule has 4 heterocycles. The standard InChI is InChI=1S/C43H63N13O10/c1-42(2,27-46-34(57)9-7-10-35(58)48-31-11-12-33(45-22-31)41-51-49-40(50-52-41)32-8-5-6-13-44-32)29-66-30-43(3,4)28-47-36(59)23-53-14-16-54(24-37(60)61)18-20-56(26-39(64)65)21-19-55(17-15-53)25-38(62)63/h5-6,8,11-13,22H,7,9-10,14-21,23-30H2,1-4H3,(H,46,57)(H,47,59)(H,48,58)(H,60,61)(H,62,63)(H,64,65). The van der Waals surface area contributed by atoms with Gasteiger partial charge in [0.25, 0.3) is 0 Å². The lowest BCUT2D eigenvalue weighted by Gasteiger charge is -2.33. The number of amides is 3. The lowest BCUT2D eigenvalue weighted by Crippen LogP contribution is -2.50. The lowest BCUT2D eigenvalue weighted by atomic mass is 9.93. The predicted octanol–water partition coefficient (Wildman–Crippen LogP) is 0.276. The average Bonchev–Trinajstić information content (AvgIpc) is 3.26. The number of pyridine rings is 2. The first kappa shape index (κ1) is 52.5. The second-order valence-electron chi connectivity index (χ2n) is 17.8. The quantitative estimate of drug-likeness (QED) is 0.0744. The first-order valence-corrected chi connectivity index (χ1v) is 21.8. The average molecular weight is 922 g/mol. The van der Waals surface area contributed by atoms with Crippen LogP contribution in [0.25, 0.3) is 23.0 Å². The van der Waals surface area contributed by atoms with Crippen molar-refractivity contribution in [2.45, 2.75) is 47.0 Å². The Balaban J connectivity index is 1.14. The zero-order chi connectivity index (χ0) is 48.1. The molecule has 23 heteroatoms. The molecule has 0 saturated carbocycles. The predicted molar refractivity (Wildman–Crippen MR) is 240 cm³/mol. The van der Waals surface area contributed by atoms with Gasteiger partial charge in [-0.3, -0.25) is 58.3 Å². The van der Waals surface area contributed by atoms with E-state index in [0.717, 1.165) is 0 Å². The van der Waals surface area contributed by atoms with Gasteiger partial charge in [0.05, 0.1) is 51.3 Å². The Morgan fingerprint density at radius 3 is 1.44 bits per heavy atom. The van der Waals surface area contributed by atoms with E-state index in [4.69, 9.17) is 4.74 Å². The molecule has 1 aliphatic heterocycles. The Hall–Kier alpha value is -6.14. The van der Waals surface area contributed by atoms with Crippen molar-refractivity contribution in [2.24, 2.45) is 10.8 Å². The van der Waals surface area contributed by atoms with E-state index in [1.807, 2.05) is 38.7 Å². The normalized spacial score (nSPS) is 15.2. The van der Waals surface area contributed by atoms with Gasteiger partial charge in [-0.25, -0.2) is 0 Å². The van der Waals surface area contributed by atoms with Crippen molar-refractivity contribution in [2.75, 3.05) is 110 Å². The summed E-state index contributed by atoms with van der Waals surface area (Å²) in [4.78, 5) is 88.5. The van der Waals surface area contributed by atoms with Crippen LogP contribution in [0.1, 0.15) is 47.0 Å². The summed E-state index contributed by atoms with van der Waals surface area (Å²) in [6.45, 7) is 10.8. The molecule has 3 aromatic heterocycles. The highest BCUT2D eigenvalue weighted by atomic mass is 16.5. The molecule has 6 N–H and O–H groups in total. The number of carboxylic acids is 3. The van der Waals surface area contributed by atoms with Gasteiger partial charge in [-0.15, -0.1) is 20.4 Å². The second kappa shape index (κ2) is 26.1. The minimum Gasteiger partial charge on any atom is -0.480 e. The van der Waals surface area contributed by atoms with Crippen LogP contribution in [0.5, 0.6) is 0 Å². The molecule has 3 amide bonds. The van der Waals surface area contributed by atoms with E-state index in [2.05, 4.69) is 46.3 Å². The maximum absolute atomic E-state index is 13.2. The van der Waals surface area contributed by atoms with E-state index < -0.39 is 28.7 Å². The van der Waals surface area contributed by atoms with E-state index in [-0.39, 0.29) is 94.6 Å². The van der Waals surface area contributed by atoms with Gasteiger partial charge in [0.15, 0.2) is 0 Å². The van der Waals surface area contributed by atoms with Gasteiger partial charge < -0.3 is 36.0 Å². The number of carbonyl (C=O) groups is 6. The lowest BCUT2D eigenvalue weighted by molar-refractivity contribution is -0.140. The van der Waals surface area contributed by atoms with Crippen molar-refractivity contribution in [3.05, 3.63) is 42.7 Å². The molecular formula is C43H63N13O10. The molecule has 23 nitrogen and oxygen atoms in total. The summed E-state index contributed by atoms with van der Waals surface area (Å²) >= 11 is 0. The number of hydrogen-bond acceptors (Lipinski definition) is 17. The third-order valence-corrected chi connectivity index (χ3v) is 10.3. The highest BCUT2D eigenvalue weighted by Crippen LogP contribution is 2.20. The fraction of sp³-hybridized carbons (Fsp3) is 0.581. The number of anilines is 1. The zero-order valence-corrected chi connectivity index (χ0v) is 38.1. The minimum atomic E-state index is -1.03. The third kappa shape index (κ3) is 20.4. The van der Waals surface area contributed by atoms with Gasteiger partial charge in [-0.2, -0.15) is 0 Å². The van der Waals surface area contributed by atoms with Crippen LogP contribution in [0.3, 0.4) is 0 Å². The van der Waals surface area contributed by atoms with Crippen LogP contribution >= 0.6 is 0 Å². The molecule has 0 bridgehead atoms. The number of carboxylic acid groups (broad SMARTS) is 3. The number of nitrogens with one attached hydrogen (secondary N) is 3. The molecule has 3 aromatic rings. The highest BCUT2D eigenvalue weighted by Gasteiger charge is 2.26. The maximum Gasteiger partial charge on any atom is 0.317 e. The number of ether oxygens (including phenoxy) is 1. The van der Waals surface area contributed by atoms with Crippen molar-refractivity contribution in [3.8, 4) is 23.0 Å². The second-order valence-corrected chi connectivity index (χ2v) is 17.8. The van der Waals surface area contributed by atoms with E-state index in [9.17, 15) is 44.1 Å². The molecule has 66 heavy (non-hydrogen) atoms. The number of aromatic nitrogens is 6. The topological polar surface area (TPSA) is 299 Å². The molecule has 1 fully saturated rings. The van der Waals surface area contributed by atoms with Crippen molar-refractivity contribution in [3.63, 3.8) is 0 Å². The summed E-state index contributed by atoms with van der Waals surface area (Å²) in [5.41, 5.74) is 0.574. The van der Waals surface area contributed by atoms with Gasteiger partial charge in [-0.1, -0.05) is 33.8 Å². The summed E-state index contributed by atoms with van der Waals surface area (Å²) in [5.74, 6) is -3.28. The van der Waals surface area contributed by atoms with Crippen LogP contribution in [0, 0.1) is 10.8 Å². The summed E-state index contributed by atoms with van der Waals surface area (Å²) in [6, 6.07) is 8.65. The van der Waals surface area contributed by atoms with Gasteiger partial charge in [-0.05, 0) is 30.7 Å². The van der Waals surface area contributed by atoms with E-state index in [1.165, 1.54) is 6.20 Å². The molecule has 4 rings (SSSR count). The van der Waals surface area contributed by atoms with Gasteiger partial charge >= 0.3 is 17.9 Å². The summed E-state index contributed by atoms with van der Waals surface area (Å²) in [7, 11) is 0. The van der Waals surface area contributed by atoms with Crippen LogP contribution in [0.2, 0.25) is 0 Å². The van der Waals surface area contributed by atoms with Crippen molar-refractivity contribution >= 4 is 41.3 Å². The molecule has 0 aromatic carbocycles. The van der Waals surface area contributed by atoms with Crippen LogP contribution in [-0.4, -0.2) is 206 Å². The SMILES string of the molecule is CC(C)(CNC(=O)CCCC(=O)Nc1ccc(-c2nnc(-c3ccccn3)nn2)nc1)COCC(C)(C)CNC(=O)CN1CCN(CC(=O)O)CCN(CC(=O)O)CCN(CC(=O)O)CC1. The molecule has 360 valence electrons. The van der Waals surface area contributed by atoms with Crippen molar-refractivity contribution in [1.29, 1.82) is 0 Å². The Morgan fingerprint density at radius 2 is 1.02 bits per heavy atom. The van der Waals surface area contributed by atoms with Crippen molar-refractivity contribution < 1.29 is 48.8 Å². The van der Waals surface area contributed by atoms with Crippen LogP contribution in [0.4, 0.5) is 5.69 Å². The third-order valence-electron chi connectivity index (χ3n) is 10.3. The largest absolute Gasteiger partial charge is 0.480 e. The fourth-order valence-corrected chi connectivity index (χ4v) is 6.68. The number of aliphatic carboxylic acids is 3.